The number of aromatic nitrogens is 1. The van der Waals surface area contributed by atoms with Crippen LogP contribution in [0.2, 0.25) is 0 Å². The Morgan fingerprint density at radius 3 is 2.81 bits per heavy atom. The minimum Gasteiger partial charge on any atom is -0.495 e. The van der Waals surface area contributed by atoms with Crippen molar-refractivity contribution in [1.29, 1.82) is 0 Å². The maximum absolute atomic E-state index is 6.11. The van der Waals surface area contributed by atoms with Gasteiger partial charge in [-0.2, -0.15) is 0 Å². The highest BCUT2D eigenvalue weighted by molar-refractivity contribution is 5.86. The number of methoxy groups -OCH3 is 1. The lowest BCUT2D eigenvalue weighted by Gasteiger charge is -2.30. The fraction of sp³-hybridized carbons (Fsp3) is 0.400. The van der Waals surface area contributed by atoms with Crippen molar-refractivity contribution >= 4 is 10.9 Å². The van der Waals surface area contributed by atoms with Gasteiger partial charge in [-0.15, -0.1) is 0 Å². The molecule has 0 spiro atoms. The molecule has 5 rings (SSSR count). The van der Waals surface area contributed by atoms with Gasteiger partial charge in [-0.3, -0.25) is 4.98 Å². The van der Waals surface area contributed by atoms with Crippen molar-refractivity contribution in [3.63, 3.8) is 0 Å². The molecule has 0 amide bonds. The number of nitrogens with one attached hydrogen (secondary N) is 1. The molecule has 0 saturated carbocycles. The minimum atomic E-state index is 0.0798. The number of fused-ring (bicyclic) bond motifs is 2. The van der Waals surface area contributed by atoms with E-state index in [9.17, 15) is 0 Å². The third-order valence-corrected chi connectivity index (χ3v) is 5.89. The molecular formula is C25H28N2O5. The van der Waals surface area contributed by atoms with Gasteiger partial charge in [-0.05, 0) is 48.7 Å². The monoisotopic (exact) mass is 436 g/mol. The summed E-state index contributed by atoms with van der Waals surface area (Å²) in [5, 5.41) is 4.54. The predicted octanol–water partition coefficient (Wildman–Crippen LogP) is 3.73. The Bertz CT molecular complexity index is 1070. The summed E-state index contributed by atoms with van der Waals surface area (Å²) in [5.74, 6) is 3.17. The Hall–Kier alpha value is -3.03. The summed E-state index contributed by atoms with van der Waals surface area (Å²) in [7, 11) is 1.64. The number of rotatable bonds is 7. The number of hydrogen-bond acceptors (Lipinski definition) is 7. The molecule has 0 unspecified atom stereocenters. The SMILES string of the molecule is COc1cnc2cccc(OC[C@H]3CC[C@H](NCc4ccc5c(c4)OCCO5)CO3)c2c1. The average molecular weight is 437 g/mol. The van der Waals surface area contributed by atoms with Gasteiger partial charge in [0.1, 0.15) is 31.3 Å². The second kappa shape index (κ2) is 9.63. The van der Waals surface area contributed by atoms with Crippen LogP contribution in [0.15, 0.2) is 48.7 Å². The van der Waals surface area contributed by atoms with E-state index in [0.29, 0.717) is 32.5 Å². The largest absolute Gasteiger partial charge is 0.495 e. The fourth-order valence-corrected chi connectivity index (χ4v) is 4.08. The molecule has 0 bridgehead atoms. The molecule has 7 heteroatoms. The van der Waals surface area contributed by atoms with Crippen molar-refractivity contribution < 1.29 is 23.7 Å². The standard InChI is InChI=1S/C25H28N2O5/c1-28-20-12-21-22(27-14-20)3-2-4-23(21)32-16-19-7-6-18(15-31-19)26-13-17-5-8-24-25(11-17)30-10-9-29-24/h2-5,8,11-12,14,18-19,26H,6-7,9-10,13,15-16H2,1H3/t18-,19+/m0/s1. The Balaban J connectivity index is 1.10. The molecule has 1 saturated heterocycles. The predicted molar refractivity (Wildman–Crippen MR) is 121 cm³/mol. The van der Waals surface area contributed by atoms with Crippen molar-refractivity contribution in [2.24, 2.45) is 0 Å². The van der Waals surface area contributed by atoms with Gasteiger partial charge in [0.25, 0.3) is 0 Å². The quantitative estimate of drug-likeness (QED) is 0.605. The fourth-order valence-electron chi connectivity index (χ4n) is 4.08. The Morgan fingerprint density at radius 2 is 1.97 bits per heavy atom. The first-order chi connectivity index (χ1) is 15.8. The smallest absolute Gasteiger partial charge is 0.161 e. The number of nitrogens with zero attached hydrogens (tertiary/aromatic N) is 1. The van der Waals surface area contributed by atoms with Gasteiger partial charge >= 0.3 is 0 Å². The molecule has 0 radical (unpaired) electrons. The topological polar surface area (TPSA) is 71.1 Å². The lowest BCUT2D eigenvalue weighted by Crippen LogP contribution is -2.41. The van der Waals surface area contributed by atoms with Crippen molar-refractivity contribution in [3.05, 3.63) is 54.2 Å². The highest BCUT2D eigenvalue weighted by atomic mass is 16.6. The van der Waals surface area contributed by atoms with Crippen LogP contribution in [-0.4, -0.2) is 50.7 Å². The summed E-state index contributed by atoms with van der Waals surface area (Å²) in [6.45, 7) is 3.18. The van der Waals surface area contributed by atoms with Gasteiger partial charge in [-0.25, -0.2) is 0 Å². The molecule has 2 aliphatic rings. The third-order valence-electron chi connectivity index (χ3n) is 5.89. The Labute approximate surface area is 187 Å². The minimum absolute atomic E-state index is 0.0798. The van der Waals surface area contributed by atoms with Crippen LogP contribution in [0.3, 0.4) is 0 Å². The molecule has 32 heavy (non-hydrogen) atoms. The molecule has 1 fully saturated rings. The third kappa shape index (κ3) is 4.74. The van der Waals surface area contributed by atoms with E-state index in [1.807, 2.05) is 30.3 Å². The lowest BCUT2D eigenvalue weighted by molar-refractivity contribution is -0.0261. The van der Waals surface area contributed by atoms with Crippen LogP contribution >= 0.6 is 0 Å². The molecule has 2 aliphatic heterocycles. The van der Waals surface area contributed by atoms with E-state index < -0.39 is 0 Å². The van der Waals surface area contributed by atoms with Gasteiger partial charge in [0.15, 0.2) is 11.5 Å². The van der Waals surface area contributed by atoms with Crippen LogP contribution in [0, 0.1) is 0 Å². The molecule has 7 nitrogen and oxygen atoms in total. The van der Waals surface area contributed by atoms with Gasteiger partial charge in [0.2, 0.25) is 0 Å². The van der Waals surface area contributed by atoms with Gasteiger partial charge in [0, 0.05) is 18.0 Å². The van der Waals surface area contributed by atoms with Crippen molar-refractivity contribution in [2.75, 3.05) is 33.5 Å². The molecule has 1 aromatic heterocycles. The number of benzene rings is 2. The van der Waals surface area contributed by atoms with Gasteiger partial charge in [-0.1, -0.05) is 12.1 Å². The van der Waals surface area contributed by atoms with Crippen LogP contribution in [0.1, 0.15) is 18.4 Å². The average Bonchev–Trinajstić information content (AvgIpc) is 2.86. The highest BCUT2D eigenvalue weighted by Gasteiger charge is 2.22. The molecule has 3 aromatic rings. The molecule has 0 aliphatic carbocycles. The maximum Gasteiger partial charge on any atom is 0.161 e. The van der Waals surface area contributed by atoms with E-state index in [0.717, 1.165) is 53.3 Å². The van der Waals surface area contributed by atoms with Crippen molar-refractivity contribution in [1.82, 2.24) is 10.3 Å². The summed E-state index contributed by atoms with van der Waals surface area (Å²) in [5.41, 5.74) is 2.07. The van der Waals surface area contributed by atoms with E-state index in [4.69, 9.17) is 23.7 Å². The summed E-state index contributed by atoms with van der Waals surface area (Å²) < 4.78 is 28.7. The number of pyridine rings is 1. The van der Waals surface area contributed by atoms with Crippen molar-refractivity contribution in [3.8, 4) is 23.0 Å². The second-order valence-electron chi connectivity index (χ2n) is 8.10. The summed E-state index contributed by atoms with van der Waals surface area (Å²) in [6, 6.07) is 14.3. The van der Waals surface area contributed by atoms with Crippen LogP contribution in [0.4, 0.5) is 0 Å². The van der Waals surface area contributed by atoms with Gasteiger partial charge in [0.05, 0.1) is 31.5 Å². The summed E-state index contributed by atoms with van der Waals surface area (Å²) in [4.78, 5) is 4.43. The lowest BCUT2D eigenvalue weighted by atomic mass is 10.0. The van der Waals surface area contributed by atoms with E-state index in [-0.39, 0.29) is 6.10 Å². The first kappa shape index (κ1) is 20.8. The first-order valence-corrected chi connectivity index (χ1v) is 11.1. The zero-order valence-corrected chi connectivity index (χ0v) is 18.2. The zero-order chi connectivity index (χ0) is 21.8. The summed E-state index contributed by atoms with van der Waals surface area (Å²) >= 11 is 0. The molecule has 168 valence electrons. The molecular weight excluding hydrogens is 408 g/mol. The molecule has 3 heterocycles. The molecule has 2 aromatic carbocycles. The van der Waals surface area contributed by atoms with Crippen LogP contribution in [-0.2, 0) is 11.3 Å². The Kier molecular flexibility index (Phi) is 6.27. The second-order valence-corrected chi connectivity index (χ2v) is 8.10. The molecule has 1 N–H and O–H groups in total. The number of ether oxygens (including phenoxy) is 5. The number of hydrogen-bond donors (Lipinski definition) is 1. The highest BCUT2D eigenvalue weighted by Crippen LogP contribution is 2.31. The maximum atomic E-state index is 6.11. The van der Waals surface area contributed by atoms with E-state index in [1.54, 1.807) is 13.3 Å². The van der Waals surface area contributed by atoms with E-state index >= 15 is 0 Å². The van der Waals surface area contributed by atoms with E-state index in [1.165, 1.54) is 5.56 Å². The zero-order valence-electron chi connectivity index (χ0n) is 18.2. The summed E-state index contributed by atoms with van der Waals surface area (Å²) in [6.07, 6.45) is 3.79. The van der Waals surface area contributed by atoms with Crippen LogP contribution in [0.25, 0.3) is 10.9 Å². The van der Waals surface area contributed by atoms with Crippen LogP contribution in [0.5, 0.6) is 23.0 Å². The normalized spacial score (nSPS) is 20.2. The van der Waals surface area contributed by atoms with Crippen molar-refractivity contribution in [2.45, 2.75) is 31.5 Å². The van der Waals surface area contributed by atoms with Crippen LogP contribution < -0.4 is 24.3 Å². The first-order valence-electron chi connectivity index (χ1n) is 11.1. The van der Waals surface area contributed by atoms with Gasteiger partial charge < -0.3 is 29.0 Å². The molecule has 2 atom stereocenters. The van der Waals surface area contributed by atoms with E-state index in [2.05, 4.69) is 22.4 Å². The Morgan fingerprint density at radius 1 is 1.06 bits per heavy atom.